The second-order valence-electron chi connectivity index (χ2n) is 2.07. The highest BCUT2D eigenvalue weighted by Crippen LogP contribution is 2.07. The molecule has 11 heavy (non-hydrogen) atoms. The Labute approximate surface area is 69.5 Å². The third kappa shape index (κ3) is 2.90. The van der Waals surface area contributed by atoms with Crippen molar-refractivity contribution in [2.45, 2.75) is 12.7 Å². The number of hydrogen-bond acceptors (Lipinski definition) is 5. The van der Waals surface area contributed by atoms with Crippen molar-refractivity contribution in [2.75, 3.05) is 12.3 Å². The minimum atomic E-state index is 0.619. The fourth-order valence-corrected chi connectivity index (χ4v) is 1.26. The maximum atomic E-state index is 5.31. The third-order valence-electron chi connectivity index (χ3n) is 1.06. The molecule has 0 spiro atoms. The molecular formula is C6H11N3OS. The van der Waals surface area contributed by atoms with Crippen molar-refractivity contribution in [1.82, 2.24) is 10.1 Å². The largest absolute Gasteiger partial charge is 0.340 e. The highest BCUT2D eigenvalue weighted by atomic mass is 32.2. The first-order valence-electron chi connectivity index (χ1n) is 3.40. The Balaban J connectivity index is 2.27. The Bertz CT molecular complexity index is 213. The highest BCUT2D eigenvalue weighted by Gasteiger charge is 2.00. The minimum absolute atomic E-state index is 0.619. The van der Waals surface area contributed by atoms with E-state index in [1.165, 1.54) is 0 Å². The molecule has 2 N–H and O–H groups in total. The van der Waals surface area contributed by atoms with Crippen LogP contribution >= 0.6 is 11.8 Å². The highest BCUT2D eigenvalue weighted by molar-refractivity contribution is 7.98. The molecule has 0 bridgehead atoms. The Morgan fingerprint density at radius 2 is 2.45 bits per heavy atom. The molecule has 0 fully saturated rings. The molecule has 0 aliphatic heterocycles. The first-order chi connectivity index (χ1) is 5.33. The van der Waals surface area contributed by atoms with Crippen LogP contribution in [0.2, 0.25) is 0 Å². The third-order valence-corrected chi connectivity index (χ3v) is 2.05. The van der Waals surface area contributed by atoms with Gasteiger partial charge in [0.25, 0.3) is 0 Å². The van der Waals surface area contributed by atoms with Crippen molar-refractivity contribution in [1.29, 1.82) is 0 Å². The zero-order valence-corrected chi connectivity index (χ0v) is 7.23. The van der Waals surface area contributed by atoms with Crippen LogP contribution in [0.15, 0.2) is 4.52 Å². The van der Waals surface area contributed by atoms with Gasteiger partial charge in [0.15, 0.2) is 5.82 Å². The summed E-state index contributed by atoms with van der Waals surface area (Å²) >= 11 is 1.71. The summed E-state index contributed by atoms with van der Waals surface area (Å²) in [7, 11) is 0. The molecule has 1 aromatic heterocycles. The number of aryl methyl sites for hydroxylation is 1. The average molecular weight is 173 g/mol. The first kappa shape index (κ1) is 8.55. The molecule has 0 radical (unpaired) electrons. The fraction of sp³-hybridized carbons (Fsp3) is 0.667. The number of aromatic nitrogens is 2. The molecule has 4 nitrogen and oxygen atoms in total. The van der Waals surface area contributed by atoms with Gasteiger partial charge in [-0.25, -0.2) is 0 Å². The number of hydrogen-bond donors (Lipinski definition) is 1. The van der Waals surface area contributed by atoms with E-state index in [1.807, 2.05) is 0 Å². The van der Waals surface area contributed by atoms with E-state index in [1.54, 1.807) is 18.7 Å². The summed E-state index contributed by atoms with van der Waals surface area (Å²) in [6, 6.07) is 0. The molecule has 0 saturated heterocycles. The molecule has 1 rings (SSSR count). The topological polar surface area (TPSA) is 64.9 Å². The molecule has 1 heterocycles. The van der Waals surface area contributed by atoms with Crippen molar-refractivity contribution >= 4 is 11.8 Å². The van der Waals surface area contributed by atoms with Gasteiger partial charge in [0.1, 0.15) is 0 Å². The summed E-state index contributed by atoms with van der Waals surface area (Å²) in [5.41, 5.74) is 5.31. The first-order valence-corrected chi connectivity index (χ1v) is 4.55. The lowest BCUT2D eigenvalue weighted by molar-refractivity contribution is 0.389. The van der Waals surface area contributed by atoms with Crippen molar-refractivity contribution in [3.63, 3.8) is 0 Å². The van der Waals surface area contributed by atoms with E-state index in [-0.39, 0.29) is 0 Å². The van der Waals surface area contributed by atoms with Gasteiger partial charge in [-0.3, -0.25) is 0 Å². The van der Waals surface area contributed by atoms with Crippen molar-refractivity contribution in [3.8, 4) is 0 Å². The minimum Gasteiger partial charge on any atom is -0.340 e. The molecule has 0 aromatic carbocycles. The van der Waals surface area contributed by atoms with E-state index < -0.39 is 0 Å². The zero-order valence-electron chi connectivity index (χ0n) is 6.41. The van der Waals surface area contributed by atoms with Gasteiger partial charge in [0, 0.05) is 19.2 Å². The molecule has 0 aliphatic carbocycles. The van der Waals surface area contributed by atoms with Gasteiger partial charge < -0.3 is 10.3 Å². The number of thioether (sulfide) groups is 1. The van der Waals surface area contributed by atoms with Crippen LogP contribution in [0, 0.1) is 6.92 Å². The van der Waals surface area contributed by atoms with Crippen LogP contribution in [-0.4, -0.2) is 22.4 Å². The number of nitrogens with zero attached hydrogens (tertiary/aromatic N) is 2. The molecule has 0 unspecified atom stereocenters. The lowest BCUT2D eigenvalue weighted by Crippen LogP contribution is -2.01. The molecular weight excluding hydrogens is 162 g/mol. The lowest BCUT2D eigenvalue weighted by atomic mass is 10.7. The Morgan fingerprint density at radius 1 is 1.64 bits per heavy atom. The van der Waals surface area contributed by atoms with Crippen LogP contribution in [0.25, 0.3) is 0 Å². The van der Waals surface area contributed by atoms with Crippen LogP contribution in [0.5, 0.6) is 0 Å². The van der Waals surface area contributed by atoms with Gasteiger partial charge in [-0.1, -0.05) is 5.16 Å². The molecule has 62 valence electrons. The summed E-state index contributed by atoms with van der Waals surface area (Å²) in [4.78, 5) is 4.04. The normalized spacial score (nSPS) is 10.4. The van der Waals surface area contributed by atoms with E-state index in [0.717, 1.165) is 17.3 Å². The van der Waals surface area contributed by atoms with Crippen molar-refractivity contribution < 1.29 is 4.52 Å². The monoisotopic (exact) mass is 173 g/mol. The predicted octanol–water partition coefficient (Wildman–Crippen LogP) is 0.570. The fourth-order valence-electron chi connectivity index (χ4n) is 0.647. The van der Waals surface area contributed by atoms with Gasteiger partial charge in [0.2, 0.25) is 5.89 Å². The summed E-state index contributed by atoms with van der Waals surface area (Å²) in [5, 5.41) is 3.74. The van der Waals surface area contributed by atoms with Crippen molar-refractivity contribution in [2.24, 2.45) is 5.73 Å². The van der Waals surface area contributed by atoms with Gasteiger partial charge >= 0.3 is 0 Å². The molecule has 0 atom stereocenters. The molecule has 1 aromatic rings. The van der Waals surface area contributed by atoms with E-state index in [2.05, 4.69) is 10.1 Å². The second kappa shape index (κ2) is 4.35. The quantitative estimate of drug-likeness (QED) is 0.674. The maximum Gasteiger partial charge on any atom is 0.223 e. The summed E-state index contributed by atoms with van der Waals surface area (Å²) in [5.74, 6) is 3.09. The SMILES string of the molecule is Cc1nc(CSCCN)no1. The molecule has 0 amide bonds. The second-order valence-corrected chi connectivity index (χ2v) is 3.18. The number of rotatable bonds is 4. The standard InChI is InChI=1S/C6H11N3OS/c1-5-8-6(9-10-5)4-11-3-2-7/h2-4,7H2,1H3. The van der Waals surface area contributed by atoms with Gasteiger partial charge in [0.05, 0.1) is 5.75 Å². The van der Waals surface area contributed by atoms with Crippen LogP contribution in [0.1, 0.15) is 11.7 Å². The Kier molecular flexibility index (Phi) is 3.38. The smallest absolute Gasteiger partial charge is 0.223 e. The summed E-state index contributed by atoms with van der Waals surface area (Å²) in [6.07, 6.45) is 0. The predicted molar refractivity (Wildman–Crippen MR) is 44.3 cm³/mol. The maximum absolute atomic E-state index is 5.31. The molecule has 0 saturated carbocycles. The summed E-state index contributed by atoms with van der Waals surface area (Å²) in [6.45, 7) is 2.48. The molecule has 5 heteroatoms. The summed E-state index contributed by atoms with van der Waals surface area (Å²) < 4.78 is 4.79. The average Bonchev–Trinajstić information content (AvgIpc) is 2.37. The Morgan fingerprint density at radius 3 is 3.00 bits per heavy atom. The van der Waals surface area contributed by atoms with E-state index in [9.17, 15) is 0 Å². The van der Waals surface area contributed by atoms with E-state index in [0.29, 0.717) is 12.4 Å². The van der Waals surface area contributed by atoms with Crippen LogP contribution < -0.4 is 5.73 Å². The van der Waals surface area contributed by atoms with Gasteiger partial charge in [-0.05, 0) is 0 Å². The van der Waals surface area contributed by atoms with Gasteiger partial charge in [-0.15, -0.1) is 0 Å². The van der Waals surface area contributed by atoms with Crippen LogP contribution in [0.3, 0.4) is 0 Å². The molecule has 0 aliphatic rings. The Hall–Kier alpha value is -0.550. The van der Waals surface area contributed by atoms with E-state index in [4.69, 9.17) is 10.3 Å². The zero-order chi connectivity index (χ0) is 8.10. The number of nitrogens with two attached hydrogens (primary N) is 1. The van der Waals surface area contributed by atoms with Crippen LogP contribution in [0.4, 0.5) is 0 Å². The van der Waals surface area contributed by atoms with Crippen LogP contribution in [-0.2, 0) is 5.75 Å². The van der Waals surface area contributed by atoms with E-state index >= 15 is 0 Å². The lowest BCUT2D eigenvalue weighted by Gasteiger charge is -1.91. The van der Waals surface area contributed by atoms with Crippen molar-refractivity contribution in [3.05, 3.63) is 11.7 Å². The van der Waals surface area contributed by atoms with Gasteiger partial charge in [-0.2, -0.15) is 16.7 Å².